The third-order valence-corrected chi connectivity index (χ3v) is 1.57. The Morgan fingerprint density at radius 2 is 2.33 bits per heavy atom. The molecule has 0 aliphatic heterocycles. The molecule has 0 aliphatic carbocycles. The van der Waals surface area contributed by atoms with Crippen LogP contribution in [0.15, 0.2) is 24.4 Å². The predicted octanol–water partition coefficient (Wildman–Crippen LogP) is 1.62. The Balaban J connectivity index is 2.58. The SMILES string of the molecule is CNCC=Cc1ccc(C)nc1. The van der Waals surface area contributed by atoms with Crippen LogP contribution in [0.25, 0.3) is 6.08 Å². The molecule has 0 fully saturated rings. The number of nitrogens with one attached hydrogen (secondary N) is 1. The first-order chi connectivity index (χ1) is 5.83. The van der Waals surface area contributed by atoms with Crippen LogP contribution in [0.2, 0.25) is 0 Å². The van der Waals surface area contributed by atoms with Gasteiger partial charge in [0, 0.05) is 18.4 Å². The summed E-state index contributed by atoms with van der Waals surface area (Å²) < 4.78 is 0. The van der Waals surface area contributed by atoms with Gasteiger partial charge in [-0.15, -0.1) is 0 Å². The molecule has 0 atom stereocenters. The molecule has 1 aromatic heterocycles. The third-order valence-electron chi connectivity index (χ3n) is 1.57. The van der Waals surface area contributed by atoms with Crippen molar-refractivity contribution in [2.45, 2.75) is 6.92 Å². The molecule has 0 aromatic carbocycles. The van der Waals surface area contributed by atoms with Gasteiger partial charge in [-0.2, -0.15) is 0 Å². The minimum Gasteiger partial charge on any atom is -0.316 e. The Morgan fingerprint density at radius 3 is 2.92 bits per heavy atom. The van der Waals surface area contributed by atoms with Crippen molar-refractivity contribution < 1.29 is 0 Å². The lowest BCUT2D eigenvalue weighted by Gasteiger charge is -1.93. The minimum atomic E-state index is 0.897. The lowest BCUT2D eigenvalue weighted by Crippen LogP contribution is -2.03. The zero-order valence-corrected chi connectivity index (χ0v) is 7.54. The van der Waals surface area contributed by atoms with E-state index in [4.69, 9.17) is 0 Å². The van der Waals surface area contributed by atoms with E-state index in [1.165, 1.54) is 0 Å². The van der Waals surface area contributed by atoms with E-state index in [1.54, 1.807) is 0 Å². The van der Waals surface area contributed by atoms with E-state index < -0.39 is 0 Å². The van der Waals surface area contributed by atoms with Gasteiger partial charge in [-0.1, -0.05) is 18.2 Å². The fraction of sp³-hybridized carbons (Fsp3) is 0.300. The number of pyridine rings is 1. The van der Waals surface area contributed by atoms with Crippen molar-refractivity contribution in [2.24, 2.45) is 0 Å². The molecule has 0 aliphatic rings. The quantitative estimate of drug-likeness (QED) is 0.730. The molecule has 0 bridgehead atoms. The number of likely N-dealkylation sites (N-methyl/N-ethyl adjacent to an activating group) is 1. The van der Waals surface area contributed by atoms with Crippen LogP contribution >= 0.6 is 0 Å². The summed E-state index contributed by atoms with van der Waals surface area (Å²) in [7, 11) is 1.93. The van der Waals surface area contributed by atoms with Crippen LogP contribution < -0.4 is 5.32 Å². The molecule has 0 unspecified atom stereocenters. The van der Waals surface area contributed by atoms with Crippen LogP contribution in [0.4, 0.5) is 0 Å². The monoisotopic (exact) mass is 162 g/mol. The highest BCUT2D eigenvalue weighted by atomic mass is 14.8. The van der Waals surface area contributed by atoms with E-state index in [-0.39, 0.29) is 0 Å². The normalized spacial score (nSPS) is 10.8. The molecule has 0 spiro atoms. The Kier molecular flexibility index (Phi) is 3.48. The van der Waals surface area contributed by atoms with Gasteiger partial charge in [0.25, 0.3) is 0 Å². The first kappa shape index (κ1) is 8.94. The number of aryl methyl sites for hydroxylation is 1. The van der Waals surface area contributed by atoms with Crippen molar-refractivity contribution in [3.05, 3.63) is 35.7 Å². The number of rotatable bonds is 3. The molecule has 2 heteroatoms. The van der Waals surface area contributed by atoms with Crippen molar-refractivity contribution in [3.63, 3.8) is 0 Å². The van der Waals surface area contributed by atoms with Gasteiger partial charge in [-0.05, 0) is 25.6 Å². The maximum absolute atomic E-state index is 4.19. The molecule has 1 heterocycles. The molecular formula is C10H14N2. The Bertz CT molecular complexity index is 249. The highest BCUT2D eigenvalue weighted by Crippen LogP contribution is 2.00. The molecule has 0 amide bonds. The zero-order valence-electron chi connectivity index (χ0n) is 7.54. The summed E-state index contributed by atoms with van der Waals surface area (Å²) in [5, 5.41) is 3.04. The van der Waals surface area contributed by atoms with Crippen LogP contribution in [-0.2, 0) is 0 Å². The molecule has 64 valence electrons. The number of hydrogen-bond acceptors (Lipinski definition) is 2. The first-order valence-corrected chi connectivity index (χ1v) is 4.06. The topological polar surface area (TPSA) is 24.9 Å². The van der Waals surface area contributed by atoms with Crippen molar-refractivity contribution >= 4 is 6.08 Å². The maximum atomic E-state index is 4.19. The van der Waals surface area contributed by atoms with Crippen LogP contribution in [0.5, 0.6) is 0 Å². The average Bonchev–Trinajstić information content (AvgIpc) is 2.09. The molecule has 0 saturated heterocycles. The Labute approximate surface area is 73.3 Å². The number of nitrogens with zero attached hydrogens (tertiary/aromatic N) is 1. The number of aromatic nitrogens is 1. The van der Waals surface area contributed by atoms with Crippen LogP contribution in [0.1, 0.15) is 11.3 Å². The van der Waals surface area contributed by atoms with E-state index in [2.05, 4.69) is 28.5 Å². The molecule has 12 heavy (non-hydrogen) atoms. The largest absolute Gasteiger partial charge is 0.316 e. The highest BCUT2D eigenvalue weighted by molar-refractivity contribution is 5.47. The third kappa shape index (κ3) is 2.84. The molecule has 0 saturated carbocycles. The molecule has 0 radical (unpaired) electrons. The van der Waals surface area contributed by atoms with E-state index in [1.807, 2.05) is 26.2 Å². The first-order valence-electron chi connectivity index (χ1n) is 4.06. The summed E-state index contributed by atoms with van der Waals surface area (Å²) in [6.45, 7) is 2.88. The minimum absolute atomic E-state index is 0.897. The van der Waals surface area contributed by atoms with Gasteiger partial charge >= 0.3 is 0 Å². The maximum Gasteiger partial charge on any atom is 0.0373 e. The summed E-state index contributed by atoms with van der Waals surface area (Å²) in [5.74, 6) is 0. The summed E-state index contributed by atoms with van der Waals surface area (Å²) in [6.07, 6.45) is 6.01. The van der Waals surface area contributed by atoms with E-state index in [0.717, 1.165) is 17.8 Å². The van der Waals surface area contributed by atoms with Gasteiger partial charge < -0.3 is 5.32 Å². The molecule has 1 rings (SSSR count). The smallest absolute Gasteiger partial charge is 0.0373 e. The van der Waals surface area contributed by atoms with Gasteiger partial charge in [0.2, 0.25) is 0 Å². The summed E-state index contributed by atoms with van der Waals surface area (Å²) in [5.41, 5.74) is 2.21. The Hall–Kier alpha value is -1.15. The van der Waals surface area contributed by atoms with Gasteiger partial charge in [-0.3, -0.25) is 4.98 Å². The fourth-order valence-electron chi connectivity index (χ4n) is 0.891. The lowest BCUT2D eigenvalue weighted by molar-refractivity contribution is 0.922. The van der Waals surface area contributed by atoms with Crippen molar-refractivity contribution in [1.82, 2.24) is 10.3 Å². The lowest BCUT2D eigenvalue weighted by atomic mass is 10.2. The second kappa shape index (κ2) is 4.67. The van der Waals surface area contributed by atoms with E-state index >= 15 is 0 Å². The molecule has 1 N–H and O–H groups in total. The van der Waals surface area contributed by atoms with Crippen LogP contribution in [0, 0.1) is 6.92 Å². The van der Waals surface area contributed by atoms with Crippen LogP contribution in [-0.4, -0.2) is 18.6 Å². The Morgan fingerprint density at radius 1 is 1.50 bits per heavy atom. The van der Waals surface area contributed by atoms with E-state index in [9.17, 15) is 0 Å². The standard InChI is InChI=1S/C10H14N2/c1-9-5-6-10(8-12-9)4-3-7-11-2/h3-6,8,11H,7H2,1-2H3. The molecule has 1 aromatic rings. The fourth-order valence-corrected chi connectivity index (χ4v) is 0.891. The second-order valence-corrected chi connectivity index (χ2v) is 2.69. The average molecular weight is 162 g/mol. The molecule has 2 nitrogen and oxygen atoms in total. The zero-order chi connectivity index (χ0) is 8.81. The summed E-state index contributed by atoms with van der Waals surface area (Å²) in [4.78, 5) is 4.19. The predicted molar refractivity (Wildman–Crippen MR) is 51.9 cm³/mol. The van der Waals surface area contributed by atoms with Gasteiger partial charge in [0.1, 0.15) is 0 Å². The number of hydrogen-bond donors (Lipinski definition) is 1. The van der Waals surface area contributed by atoms with Gasteiger partial charge in [0.05, 0.1) is 0 Å². The second-order valence-electron chi connectivity index (χ2n) is 2.69. The highest BCUT2D eigenvalue weighted by Gasteiger charge is 1.85. The van der Waals surface area contributed by atoms with Gasteiger partial charge in [0.15, 0.2) is 0 Å². The van der Waals surface area contributed by atoms with E-state index in [0.29, 0.717) is 0 Å². The van der Waals surface area contributed by atoms with Crippen LogP contribution in [0.3, 0.4) is 0 Å². The van der Waals surface area contributed by atoms with Crippen molar-refractivity contribution in [3.8, 4) is 0 Å². The summed E-state index contributed by atoms with van der Waals surface area (Å²) in [6, 6.07) is 4.08. The summed E-state index contributed by atoms with van der Waals surface area (Å²) >= 11 is 0. The van der Waals surface area contributed by atoms with Crippen molar-refractivity contribution in [1.29, 1.82) is 0 Å². The van der Waals surface area contributed by atoms with Crippen molar-refractivity contribution in [2.75, 3.05) is 13.6 Å². The van der Waals surface area contributed by atoms with Gasteiger partial charge in [-0.25, -0.2) is 0 Å². The molecular weight excluding hydrogens is 148 g/mol.